The quantitative estimate of drug-likeness (QED) is 0.771. The minimum absolute atomic E-state index is 0.0398. The van der Waals surface area contributed by atoms with Crippen LogP contribution in [0.15, 0.2) is 24.3 Å². The summed E-state index contributed by atoms with van der Waals surface area (Å²) in [7, 11) is 0. The molecule has 4 saturated carbocycles. The van der Waals surface area contributed by atoms with Crippen LogP contribution in [-0.4, -0.2) is 24.5 Å². The van der Waals surface area contributed by atoms with Crippen molar-refractivity contribution in [2.45, 2.75) is 70.9 Å². The lowest BCUT2D eigenvalue weighted by molar-refractivity contribution is -0.149. The van der Waals surface area contributed by atoms with Gasteiger partial charge in [0.1, 0.15) is 11.8 Å². The van der Waals surface area contributed by atoms with E-state index in [0.29, 0.717) is 24.4 Å². The van der Waals surface area contributed by atoms with Crippen molar-refractivity contribution in [3.05, 3.63) is 29.8 Å². The van der Waals surface area contributed by atoms with E-state index in [0.717, 1.165) is 37.0 Å². The van der Waals surface area contributed by atoms with Gasteiger partial charge in [-0.3, -0.25) is 9.59 Å². The molecule has 1 aromatic rings. The molecule has 1 heterocycles. The fraction of sp³-hybridized carbons (Fsp3) is 0.680. The van der Waals surface area contributed by atoms with Gasteiger partial charge in [-0.25, -0.2) is 0 Å². The summed E-state index contributed by atoms with van der Waals surface area (Å²) < 4.78 is 5.72. The summed E-state index contributed by atoms with van der Waals surface area (Å²) in [5.74, 6) is 3.07. The van der Waals surface area contributed by atoms with Crippen LogP contribution in [0.3, 0.4) is 0 Å². The minimum atomic E-state index is -0.500. The van der Waals surface area contributed by atoms with Crippen LogP contribution in [-0.2, 0) is 9.59 Å². The Balaban J connectivity index is 1.29. The summed E-state index contributed by atoms with van der Waals surface area (Å²) in [5, 5.41) is 6.41. The van der Waals surface area contributed by atoms with Gasteiger partial charge in [0.15, 0.2) is 0 Å². The fourth-order valence-corrected chi connectivity index (χ4v) is 6.97. The largest absolute Gasteiger partial charge is 0.493 e. The molecule has 0 unspecified atom stereocenters. The molecule has 0 radical (unpaired) electrons. The van der Waals surface area contributed by atoms with Crippen molar-refractivity contribution in [1.82, 2.24) is 10.6 Å². The molecular weight excluding hydrogens is 376 g/mol. The molecule has 4 fully saturated rings. The highest BCUT2D eigenvalue weighted by Gasteiger charge is 2.55. The first-order chi connectivity index (χ1) is 14.4. The van der Waals surface area contributed by atoms with Crippen molar-refractivity contribution in [3.63, 3.8) is 0 Å². The maximum Gasteiger partial charge on any atom is 0.243 e. The Bertz CT molecular complexity index is 798. The molecule has 5 heteroatoms. The number of ether oxygens (including phenoxy) is 1. The normalized spacial score (nSPS) is 34.8. The van der Waals surface area contributed by atoms with E-state index in [-0.39, 0.29) is 29.2 Å². The Kier molecular flexibility index (Phi) is 5.03. The first-order valence-electron chi connectivity index (χ1n) is 11.8. The van der Waals surface area contributed by atoms with Crippen molar-refractivity contribution in [1.29, 1.82) is 0 Å². The molecule has 2 atom stereocenters. The molecule has 4 bridgehead atoms. The van der Waals surface area contributed by atoms with Gasteiger partial charge in [0, 0.05) is 17.4 Å². The van der Waals surface area contributed by atoms with Gasteiger partial charge in [-0.2, -0.15) is 0 Å². The number of carbonyl (C=O) groups is 2. The number of hydrogen-bond acceptors (Lipinski definition) is 3. The number of fused-ring (bicyclic) bond motifs is 1. The molecule has 5 aliphatic rings. The van der Waals surface area contributed by atoms with E-state index in [1.165, 1.54) is 19.3 Å². The number of para-hydroxylation sites is 1. The van der Waals surface area contributed by atoms with Crippen LogP contribution in [0.4, 0.5) is 0 Å². The number of hydrogen-bond donors (Lipinski definition) is 2. The molecule has 0 saturated heterocycles. The number of benzene rings is 1. The van der Waals surface area contributed by atoms with E-state index in [1.54, 1.807) is 0 Å². The first-order valence-corrected chi connectivity index (χ1v) is 11.8. The average molecular weight is 411 g/mol. The molecule has 4 aliphatic carbocycles. The highest BCUT2D eigenvalue weighted by atomic mass is 16.5. The maximum atomic E-state index is 13.5. The van der Waals surface area contributed by atoms with Gasteiger partial charge in [0.2, 0.25) is 11.8 Å². The maximum absolute atomic E-state index is 13.5. The zero-order valence-electron chi connectivity index (χ0n) is 18.2. The highest BCUT2D eigenvalue weighted by Crippen LogP contribution is 2.60. The molecule has 5 nitrogen and oxygen atoms in total. The summed E-state index contributed by atoms with van der Waals surface area (Å²) in [6, 6.07) is 7.31. The number of nitrogens with one attached hydrogen (secondary N) is 2. The van der Waals surface area contributed by atoms with Gasteiger partial charge in [0.25, 0.3) is 0 Å². The van der Waals surface area contributed by atoms with E-state index < -0.39 is 6.04 Å². The van der Waals surface area contributed by atoms with E-state index in [1.807, 2.05) is 38.1 Å². The third-order valence-corrected chi connectivity index (χ3v) is 8.03. The zero-order chi connectivity index (χ0) is 20.9. The van der Waals surface area contributed by atoms with Gasteiger partial charge in [-0.15, -0.1) is 0 Å². The van der Waals surface area contributed by atoms with Crippen LogP contribution >= 0.6 is 0 Å². The summed E-state index contributed by atoms with van der Waals surface area (Å²) in [6.07, 6.45) is 7.73. The Hall–Kier alpha value is -2.04. The van der Waals surface area contributed by atoms with Crippen molar-refractivity contribution in [2.75, 3.05) is 6.61 Å². The second kappa shape index (κ2) is 7.58. The van der Waals surface area contributed by atoms with E-state index in [9.17, 15) is 9.59 Å². The van der Waals surface area contributed by atoms with Crippen molar-refractivity contribution in [3.8, 4) is 5.75 Å². The predicted octanol–water partition coefficient (Wildman–Crippen LogP) is 3.98. The van der Waals surface area contributed by atoms with Crippen LogP contribution in [0.2, 0.25) is 0 Å². The summed E-state index contributed by atoms with van der Waals surface area (Å²) in [4.78, 5) is 26.8. The number of carbonyl (C=O) groups excluding carboxylic acids is 2. The van der Waals surface area contributed by atoms with Crippen LogP contribution in [0.5, 0.6) is 5.75 Å². The molecule has 6 rings (SSSR count). The van der Waals surface area contributed by atoms with E-state index in [2.05, 4.69) is 10.6 Å². The van der Waals surface area contributed by atoms with Gasteiger partial charge in [-0.1, -0.05) is 32.0 Å². The van der Waals surface area contributed by atoms with Crippen molar-refractivity contribution >= 4 is 11.8 Å². The molecule has 1 aliphatic heterocycles. The average Bonchev–Trinajstić information content (AvgIpc) is 2.70. The monoisotopic (exact) mass is 410 g/mol. The molecule has 1 aromatic carbocycles. The van der Waals surface area contributed by atoms with Gasteiger partial charge in [0.05, 0.1) is 12.6 Å². The summed E-state index contributed by atoms with van der Waals surface area (Å²) >= 11 is 0. The van der Waals surface area contributed by atoms with Crippen LogP contribution in [0.1, 0.15) is 70.4 Å². The Morgan fingerprint density at radius 1 is 1.03 bits per heavy atom. The molecule has 162 valence electrons. The third kappa shape index (κ3) is 3.50. The Morgan fingerprint density at radius 2 is 1.67 bits per heavy atom. The number of amides is 2. The van der Waals surface area contributed by atoms with Crippen molar-refractivity contribution < 1.29 is 14.3 Å². The van der Waals surface area contributed by atoms with Crippen LogP contribution in [0, 0.1) is 29.1 Å². The molecule has 0 spiro atoms. The topological polar surface area (TPSA) is 67.4 Å². The third-order valence-electron chi connectivity index (χ3n) is 8.03. The van der Waals surface area contributed by atoms with Gasteiger partial charge < -0.3 is 15.4 Å². The molecular formula is C25H34N2O3. The summed E-state index contributed by atoms with van der Waals surface area (Å²) in [5.41, 5.74) is 0.792. The predicted molar refractivity (Wildman–Crippen MR) is 115 cm³/mol. The van der Waals surface area contributed by atoms with E-state index in [4.69, 9.17) is 4.74 Å². The fourth-order valence-electron chi connectivity index (χ4n) is 6.97. The lowest BCUT2D eigenvalue weighted by Crippen LogP contribution is -2.58. The smallest absolute Gasteiger partial charge is 0.243 e. The minimum Gasteiger partial charge on any atom is -0.493 e. The standard InChI is InChI=1S/C25H34N2O3/c1-15(2)22(23(28)26-20-7-8-30-21-6-4-3-5-19(20)21)27-24(29)25-12-16-9-17(13-25)11-18(10-16)14-25/h3-6,15-18,20,22H,7-14H2,1-2H3,(H,26,28)(H,27,29)/t16?,17?,18?,20-,22+,25?/m1/s1. The van der Waals surface area contributed by atoms with E-state index >= 15 is 0 Å². The van der Waals surface area contributed by atoms with Crippen LogP contribution in [0.25, 0.3) is 0 Å². The molecule has 2 amide bonds. The Morgan fingerprint density at radius 3 is 2.30 bits per heavy atom. The highest BCUT2D eigenvalue weighted by molar-refractivity contribution is 5.90. The molecule has 30 heavy (non-hydrogen) atoms. The second-order valence-corrected chi connectivity index (χ2v) is 10.6. The van der Waals surface area contributed by atoms with Crippen LogP contribution < -0.4 is 15.4 Å². The summed E-state index contributed by atoms with van der Waals surface area (Å²) in [6.45, 7) is 4.62. The molecule has 2 N–H and O–H groups in total. The van der Waals surface area contributed by atoms with Gasteiger partial charge in [-0.05, 0) is 68.3 Å². The molecule has 0 aromatic heterocycles. The lowest BCUT2D eigenvalue weighted by Gasteiger charge is -2.55. The second-order valence-electron chi connectivity index (χ2n) is 10.6. The first kappa shape index (κ1) is 19.9. The van der Waals surface area contributed by atoms with Crippen molar-refractivity contribution in [2.24, 2.45) is 29.1 Å². The SMILES string of the molecule is CC(C)[C@H](NC(=O)C12CC3CC(CC(C3)C1)C2)C(=O)N[C@@H]1CCOc2ccccc21. The Labute approximate surface area is 179 Å². The van der Waals surface area contributed by atoms with Gasteiger partial charge >= 0.3 is 0 Å². The lowest BCUT2D eigenvalue weighted by atomic mass is 9.49. The number of rotatable bonds is 5. The zero-order valence-corrected chi connectivity index (χ0v) is 18.2.